The Kier molecular flexibility index (Phi) is 8.61. The highest BCUT2D eigenvalue weighted by Gasteiger charge is 2.61. The average molecular weight is 519 g/mol. The molecular formula is C32H42N2O4. The van der Waals surface area contributed by atoms with Crippen molar-refractivity contribution in [3.05, 3.63) is 78.4 Å². The number of likely N-dealkylation sites (tertiary alicyclic amines) is 1. The zero-order valence-electron chi connectivity index (χ0n) is 23.3. The summed E-state index contributed by atoms with van der Waals surface area (Å²) in [6, 6.07) is 17.8. The number of piperidine rings is 1. The molecule has 4 rings (SSSR count). The summed E-state index contributed by atoms with van der Waals surface area (Å²) in [7, 11) is 1.68. The van der Waals surface area contributed by atoms with E-state index in [9.17, 15) is 9.59 Å². The minimum absolute atomic E-state index is 0.0194. The van der Waals surface area contributed by atoms with Crippen molar-refractivity contribution in [1.29, 1.82) is 0 Å². The molecule has 0 radical (unpaired) electrons. The van der Waals surface area contributed by atoms with Crippen LogP contribution in [0.3, 0.4) is 0 Å². The van der Waals surface area contributed by atoms with E-state index in [0.29, 0.717) is 31.0 Å². The van der Waals surface area contributed by atoms with Gasteiger partial charge in [-0.3, -0.25) is 14.5 Å². The first-order chi connectivity index (χ1) is 18.2. The van der Waals surface area contributed by atoms with Crippen molar-refractivity contribution in [1.82, 2.24) is 9.80 Å². The summed E-state index contributed by atoms with van der Waals surface area (Å²) in [5.74, 6) is 0.901. The van der Waals surface area contributed by atoms with Gasteiger partial charge in [-0.05, 0) is 68.0 Å². The zero-order chi connectivity index (χ0) is 27.3. The van der Waals surface area contributed by atoms with Gasteiger partial charge in [0.25, 0.3) is 5.91 Å². The number of nitrogens with zero attached hydrogens (tertiary/aromatic N) is 2. The van der Waals surface area contributed by atoms with E-state index < -0.39 is 11.0 Å². The summed E-state index contributed by atoms with van der Waals surface area (Å²) in [5.41, 5.74) is 0.654. The molecule has 1 saturated carbocycles. The number of fused-ring (bicyclic) bond motifs is 1. The Labute approximate surface area is 227 Å². The Morgan fingerprint density at radius 2 is 1.92 bits per heavy atom. The molecule has 3 unspecified atom stereocenters. The molecule has 1 aliphatic carbocycles. The van der Waals surface area contributed by atoms with E-state index in [1.807, 2.05) is 48.5 Å². The first-order valence-corrected chi connectivity index (χ1v) is 13.8. The predicted octanol–water partition coefficient (Wildman–Crippen LogP) is 5.48. The Hall–Kier alpha value is -3.12. The van der Waals surface area contributed by atoms with Crippen LogP contribution in [-0.4, -0.2) is 66.6 Å². The SMILES string of the molecule is C=CCN1CCC2(c3cccc(OC)c3)CC(N(CC(C)C)C(=O)c3ccccc3)CCC2(OC(C)=O)C1. The van der Waals surface area contributed by atoms with Gasteiger partial charge >= 0.3 is 5.97 Å². The second-order valence-corrected chi connectivity index (χ2v) is 11.3. The van der Waals surface area contributed by atoms with Gasteiger partial charge in [-0.2, -0.15) is 0 Å². The minimum atomic E-state index is -0.706. The van der Waals surface area contributed by atoms with Crippen LogP contribution >= 0.6 is 0 Å². The summed E-state index contributed by atoms with van der Waals surface area (Å²) in [6.07, 6.45) is 4.90. The highest BCUT2D eigenvalue weighted by Crippen LogP contribution is 2.55. The number of carbonyl (C=O) groups excluding carboxylic acids is 2. The smallest absolute Gasteiger partial charge is 0.303 e. The maximum atomic E-state index is 13.9. The lowest BCUT2D eigenvalue weighted by Gasteiger charge is -2.60. The van der Waals surface area contributed by atoms with Gasteiger partial charge in [0, 0.05) is 43.6 Å². The third-order valence-electron chi connectivity index (χ3n) is 8.30. The number of amides is 1. The summed E-state index contributed by atoms with van der Waals surface area (Å²) in [6.45, 7) is 12.7. The largest absolute Gasteiger partial charge is 0.497 e. The summed E-state index contributed by atoms with van der Waals surface area (Å²) in [4.78, 5) is 30.9. The highest BCUT2D eigenvalue weighted by atomic mass is 16.6. The zero-order valence-corrected chi connectivity index (χ0v) is 23.3. The van der Waals surface area contributed by atoms with Crippen molar-refractivity contribution in [2.45, 2.75) is 63.5 Å². The van der Waals surface area contributed by atoms with E-state index in [0.717, 1.165) is 43.7 Å². The maximum absolute atomic E-state index is 13.9. The number of benzene rings is 2. The van der Waals surface area contributed by atoms with Gasteiger partial charge in [0.1, 0.15) is 11.4 Å². The highest BCUT2D eigenvalue weighted by molar-refractivity contribution is 5.94. The van der Waals surface area contributed by atoms with Gasteiger partial charge in [0.05, 0.1) is 7.11 Å². The van der Waals surface area contributed by atoms with Crippen LogP contribution in [0, 0.1) is 5.92 Å². The number of ether oxygens (including phenoxy) is 2. The lowest BCUT2D eigenvalue weighted by Crippen LogP contribution is -2.68. The Morgan fingerprint density at radius 1 is 1.16 bits per heavy atom. The molecule has 6 nitrogen and oxygen atoms in total. The summed E-state index contributed by atoms with van der Waals surface area (Å²) < 4.78 is 12.0. The number of rotatable bonds is 9. The fraction of sp³-hybridized carbons (Fsp3) is 0.500. The van der Waals surface area contributed by atoms with Crippen molar-refractivity contribution < 1.29 is 19.1 Å². The molecule has 38 heavy (non-hydrogen) atoms. The number of hydrogen-bond acceptors (Lipinski definition) is 5. The van der Waals surface area contributed by atoms with E-state index in [-0.39, 0.29) is 17.9 Å². The Bertz CT molecular complexity index is 1130. The van der Waals surface area contributed by atoms with Crippen LogP contribution in [0.5, 0.6) is 5.75 Å². The summed E-state index contributed by atoms with van der Waals surface area (Å²) >= 11 is 0. The van der Waals surface area contributed by atoms with E-state index in [2.05, 4.69) is 42.4 Å². The lowest BCUT2D eigenvalue weighted by atomic mass is 9.54. The number of methoxy groups -OCH3 is 1. The number of carbonyl (C=O) groups is 2. The Balaban J connectivity index is 1.81. The van der Waals surface area contributed by atoms with Gasteiger partial charge in [-0.1, -0.05) is 50.3 Å². The van der Waals surface area contributed by atoms with Crippen LogP contribution in [0.2, 0.25) is 0 Å². The minimum Gasteiger partial charge on any atom is -0.497 e. The first kappa shape index (κ1) is 27.9. The standard InChI is InChI=1S/C32H42N2O4/c1-6-18-33-19-17-31(27-13-10-14-29(20-27)37-5)21-28(15-16-32(31,23-33)38-25(4)35)34(22-24(2)3)30(36)26-11-8-7-9-12-26/h6-14,20,24,28H,1,15-19,21-23H2,2-5H3. The molecule has 2 fully saturated rings. The molecule has 2 aromatic carbocycles. The molecule has 1 heterocycles. The van der Waals surface area contributed by atoms with Gasteiger partial charge in [0.15, 0.2) is 0 Å². The fourth-order valence-corrected chi connectivity index (χ4v) is 6.72. The predicted molar refractivity (Wildman–Crippen MR) is 150 cm³/mol. The van der Waals surface area contributed by atoms with E-state index in [1.54, 1.807) is 7.11 Å². The van der Waals surface area contributed by atoms with E-state index in [4.69, 9.17) is 9.47 Å². The molecule has 0 bridgehead atoms. The molecule has 0 aromatic heterocycles. The quantitative estimate of drug-likeness (QED) is 0.325. The molecule has 2 aliphatic rings. The van der Waals surface area contributed by atoms with Crippen molar-refractivity contribution in [2.24, 2.45) is 5.92 Å². The van der Waals surface area contributed by atoms with Crippen LogP contribution in [-0.2, 0) is 14.9 Å². The Morgan fingerprint density at radius 3 is 2.58 bits per heavy atom. The van der Waals surface area contributed by atoms with E-state index >= 15 is 0 Å². The second-order valence-electron chi connectivity index (χ2n) is 11.3. The molecule has 204 valence electrons. The molecule has 1 saturated heterocycles. The van der Waals surface area contributed by atoms with Crippen LogP contribution in [0.15, 0.2) is 67.3 Å². The molecule has 1 amide bonds. The average Bonchev–Trinajstić information content (AvgIpc) is 2.91. The third kappa shape index (κ3) is 5.51. The molecule has 2 aromatic rings. The van der Waals surface area contributed by atoms with Crippen LogP contribution in [0.4, 0.5) is 0 Å². The number of esters is 1. The van der Waals surface area contributed by atoms with Crippen LogP contribution < -0.4 is 4.74 Å². The summed E-state index contributed by atoms with van der Waals surface area (Å²) in [5, 5.41) is 0. The normalized spacial score (nSPS) is 25.3. The lowest BCUT2D eigenvalue weighted by molar-refractivity contribution is -0.188. The van der Waals surface area contributed by atoms with Gasteiger partial charge in [-0.25, -0.2) is 0 Å². The molecular weight excluding hydrogens is 476 g/mol. The number of hydrogen-bond donors (Lipinski definition) is 0. The third-order valence-corrected chi connectivity index (χ3v) is 8.30. The van der Waals surface area contributed by atoms with Crippen LogP contribution in [0.25, 0.3) is 0 Å². The van der Waals surface area contributed by atoms with Crippen molar-refractivity contribution in [3.8, 4) is 5.75 Å². The second kappa shape index (κ2) is 11.7. The fourth-order valence-electron chi connectivity index (χ4n) is 6.72. The maximum Gasteiger partial charge on any atom is 0.303 e. The molecule has 0 N–H and O–H groups in total. The van der Waals surface area contributed by atoms with Crippen molar-refractivity contribution in [3.63, 3.8) is 0 Å². The first-order valence-electron chi connectivity index (χ1n) is 13.8. The monoisotopic (exact) mass is 518 g/mol. The topological polar surface area (TPSA) is 59.1 Å². The molecule has 1 aliphatic heterocycles. The van der Waals surface area contributed by atoms with Gasteiger partial charge in [0.2, 0.25) is 0 Å². The van der Waals surface area contributed by atoms with Crippen molar-refractivity contribution in [2.75, 3.05) is 33.3 Å². The van der Waals surface area contributed by atoms with Crippen LogP contribution in [0.1, 0.15) is 62.4 Å². The van der Waals surface area contributed by atoms with E-state index in [1.165, 1.54) is 6.92 Å². The van der Waals surface area contributed by atoms with Gasteiger partial charge < -0.3 is 14.4 Å². The van der Waals surface area contributed by atoms with Gasteiger partial charge in [-0.15, -0.1) is 6.58 Å². The molecule has 6 heteroatoms. The molecule has 0 spiro atoms. The molecule has 3 atom stereocenters. The van der Waals surface area contributed by atoms with Crippen molar-refractivity contribution >= 4 is 11.9 Å².